The van der Waals surface area contributed by atoms with Gasteiger partial charge >= 0.3 is 0 Å². The molecule has 1 aromatic heterocycles. The zero-order valence-corrected chi connectivity index (χ0v) is 12.3. The third kappa shape index (κ3) is 5.05. The Balaban J connectivity index is 2.44. The molecular formula is C13H19ClN4O2. The maximum atomic E-state index is 11.9. The molecule has 4 N–H and O–H groups in total. The van der Waals surface area contributed by atoms with E-state index in [0.29, 0.717) is 0 Å². The van der Waals surface area contributed by atoms with Crippen molar-refractivity contribution in [2.24, 2.45) is 0 Å². The van der Waals surface area contributed by atoms with Gasteiger partial charge < -0.3 is 16.4 Å². The molecular weight excluding hydrogens is 280 g/mol. The van der Waals surface area contributed by atoms with Gasteiger partial charge in [0.1, 0.15) is 5.15 Å². The highest BCUT2D eigenvalue weighted by molar-refractivity contribution is 6.29. The first kappa shape index (κ1) is 16.2. The third-order valence-corrected chi connectivity index (χ3v) is 3.01. The zero-order chi connectivity index (χ0) is 15.1. The highest BCUT2D eigenvalue weighted by Gasteiger charge is 2.11. The van der Waals surface area contributed by atoms with E-state index in [1.165, 1.54) is 12.3 Å². The third-order valence-electron chi connectivity index (χ3n) is 2.80. The average molecular weight is 299 g/mol. The highest BCUT2D eigenvalue weighted by atomic mass is 35.5. The fraction of sp³-hybridized carbons (Fsp3) is 0.462. The Kier molecular flexibility index (Phi) is 6.24. The summed E-state index contributed by atoms with van der Waals surface area (Å²) >= 11 is 5.71. The Labute approximate surface area is 123 Å². The number of nitrogens with zero attached hydrogens (tertiary/aromatic N) is 1. The summed E-state index contributed by atoms with van der Waals surface area (Å²) in [5.74, 6) is -0.469. The number of nitrogens with one attached hydrogen (secondary N) is 2. The molecule has 0 spiro atoms. The minimum atomic E-state index is -0.372. The van der Waals surface area contributed by atoms with Crippen LogP contribution in [0.25, 0.3) is 0 Å². The summed E-state index contributed by atoms with van der Waals surface area (Å²) in [7, 11) is 0. The molecule has 0 fully saturated rings. The van der Waals surface area contributed by atoms with Gasteiger partial charge in [-0.05, 0) is 19.4 Å². The molecule has 6 nitrogen and oxygen atoms in total. The first-order chi connectivity index (χ1) is 9.43. The first-order valence-corrected chi connectivity index (χ1v) is 6.80. The fourth-order valence-corrected chi connectivity index (χ4v) is 1.63. The Morgan fingerprint density at radius 2 is 2.20 bits per heavy atom. The number of carbonyl (C=O) groups is 2. The van der Waals surface area contributed by atoms with Crippen LogP contribution in [0, 0.1) is 0 Å². The predicted octanol–water partition coefficient (Wildman–Crippen LogP) is 1.35. The number of rotatable bonds is 6. The van der Waals surface area contributed by atoms with Crippen LogP contribution in [0.3, 0.4) is 0 Å². The van der Waals surface area contributed by atoms with Crippen molar-refractivity contribution in [3.8, 4) is 0 Å². The molecule has 20 heavy (non-hydrogen) atoms. The van der Waals surface area contributed by atoms with Gasteiger partial charge in [-0.3, -0.25) is 9.59 Å². The van der Waals surface area contributed by atoms with Gasteiger partial charge in [0.25, 0.3) is 5.91 Å². The van der Waals surface area contributed by atoms with Gasteiger partial charge in [0.2, 0.25) is 5.91 Å². The SMILES string of the molecule is CCC(C)NC(=O)CCNC(=O)c1cc(Cl)ncc1N. The number of nitrogens with two attached hydrogens (primary N) is 1. The molecule has 0 bridgehead atoms. The second-order valence-corrected chi connectivity index (χ2v) is 4.86. The molecule has 7 heteroatoms. The summed E-state index contributed by atoms with van der Waals surface area (Å²) in [5.41, 5.74) is 6.15. The molecule has 1 unspecified atom stereocenters. The molecule has 2 amide bonds. The first-order valence-electron chi connectivity index (χ1n) is 6.42. The van der Waals surface area contributed by atoms with Gasteiger partial charge in [0.15, 0.2) is 0 Å². The van der Waals surface area contributed by atoms with Crippen molar-refractivity contribution in [2.75, 3.05) is 12.3 Å². The lowest BCUT2D eigenvalue weighted by molar-refractivity contribution is -0.121. The molecule has 0 aliphatic carbocycles. The summed E-state index contributed by atoms with van der Waals surface area (Å²) in [6.45, 7) is 4.15. The Bertz CT molecular complexity index is 493. The lowest BCUT2D eigenvalue weighted by Gasteiger charge is -2.11. The minimum Gasteiger partial charge on any atom is -0.397 e. The molecule has 0 aliphatic rings. The number of amides is 2. The van der Waals surface area contributed by atoms with E-state index in [9.17, 15) is 9.59 Å². The van der Waals surface area contributed by atoms with Crippen molar-refractivity contribution in [3.63, 3.8) is 0 Å². The van der Waals surface area contributed by atoms with Gasteiger partial charge in [0, 0.05) is 19.0 Å². The van der Waals surface area contributed by atoms with E-state index in [-0.39, 0.29) is 47.2 Å². The molecule has 1 rings (SSSR count). The minimum absolute atomic E-state index is 0.0969. The van der Waals surface area contributed by atoms with Crippen molar-refractivity contribution in [3.05, 3.63) is 23.0 Å². The zero-order valence-electron chi connectivity index (χ0n) is 11.6. The van der Waals surface area contributed by atoms with E-state index in [0.717, 1.165) is 6.42 Å². The van der Waals surface area contributed by atoms with Gasteiger partial charge in [-0.1, -0.05) is 18.5 Å². The predicted molar refractivity (Wildman–Crippen MR) is 78.5 cm³/mol. The Hall–Kier alpha value is -1.82. The number of aromatic nitrogens is 1. The molecule has 0 aromatic carbocycles. The van der Waals surface area contributed by atoms with E-state index in [2.05, 4.69) is 15.6 Å². The van der Waals surface area contributed by atoms with Crippen LogP contribution in [0.15, 0.2) is 12.3 Å². The van der Waals surface area contributed by atoms with Gasteiger partial charge in [-0.25, -0.2) is 4.98 Å². The van der Waals surface area contributed by atoms with Crippen LogP contribution in [0.2, 0.25) is 5.15 Å². The number of hydrogen-bond donors (Lipinski definition) is 3. The number of nitrogen functional groups attached to an aromatic ring is 1. The summed E-state index contributed by atoms with van der Waals surface area (Å²) in [6.07, 6.45) is 2.41. The number of carbonyl (C=O) groups excluding carboxylic acids is 2. The van der Waals surface area contributed by atoms with E-state index in [1.54, 1.807) is 0 Å². The molecule has 110 valence electrons. The van der Waals surface area contributed by atoms with Crippen LogP contribution in [0.5, 0.6) is 0 Å². The smallest absolute Gasteiger partial charge is 0.253 e. The normalized spacial score (nSPS) is 11.8. The molecule has 1 atom stereocenters. The van der Waals surface area contributed by atoms with Gasteiger partial charge in [-0.15, -0.1) is 0 Å². The molecule has 0 radical (unpaired) electrons. The molecule has 0 saturated carbocycles. The number of pyridine rings is 1. The molecule has 0 saturated heterocycles. The Morgan fingerprint density at radius 3 is 2.85 bits per heavy atom. The monoisotopic (exact) mass is 298 g/mol. The van der Waals surface area contributed by atoms with Crippen molar-refractivity contribution in [1.29, 1.82) is 0 Å². The highest BCUT2D eigenvalue weighted by Crippen LogP contribution is 2.14. The molecule has 1 heterocycles. The fourth-order valence-electron chi connectivity index (χ4n) is 1.47. The van der Waals surface area contributed by atoms with Crippen LogP contribution < -0.4 is 16.4 Å². The standard InChI is InChI=1S/C13H19ClN4O2/c1-3-8(2)18-12(19)4-5-16-13(20)9-6-11(14)17-7-10(9)15/h6-8H,3-5,15H2,1-2H3,(H,16,20)(H,18,19). The maximum absolute atomic E-state index is 11.9. The lowest BCUT2D eigenvalue weighted by Crippen LogP contribution is -2.35. The topological polar surface area (TPSA) is 97.1 Å². The van der Waals surface area contributed by atoms with Crippen LogP contribution >= 0.6 is 11.6 Å². The summed E-state index contributed by atoms with van der Waals surface area (Å²) in [6, 6.07) is 1.53. The number of hydrogen-bond acceptors (Lipinski definition) is 4. The number of halogens is 1. The summed E-state index contributed by atoms with van der Waals surface area (Å²) in [5, 5.41) is 5.63. The Morgan fingerprint density at radius 1 is 1.50 bits per heavy atom. The van der Waals surface area contributed by atoms with Gasteiger partial charge in [-0.2, -0.15) is 0 Å². The summed E-state index contributed by atoms with van der Waals surface area (Å²) in [4.78, 5) is 27.2. The lowest BCUT2D eigenvalue weighted by atomic mass is 10.2. The van der Waals surface area contributed by atoms with Crippen LogP contribution in [-0.2, 0) is 4.79 Å². The number of anilines is 1. The van der Waals surface area contributed by atoms with Crippen molar-refractivity contribution >= 4 is 29.1 Å². The second kappa shape index (κ2) is 7.69. The van der Waals surface area contributed by atoms with Crippen LogP contribution in [0.4, 0.5) is 5.69 Å². The van der Waals surface area contributed by atoms with E-state index in [4.69, 9.17) is 17.3 Å². The van der Waals surface area contributed by atoms with Crippen molar-refractivity contribution < 1.29 is 9.59 Å². The quantitative estimate of drug-likeness (QED) is 0.691. The summed E-state index contributed by atoms with van der Waals surface area (Å²) < 4.78 is 0. The van der Waals surface area contributed by atoms with E-state index >= 15 is 0 Å². The van der Waals surface area contributed by atoms with Gasteiger partial charge in [0.05, 0.1) is 17.4 Å². The van der Waals surface area contributed by atoms with Crippen molar-refractivity contribution in [2.45, 2.75) is 32.7 Å². The second-order valence-electron chi connectivity index (χ2n) is 4.48. The largest absolute Gasteiger partial charge is 0.397 e. The van der Waals surface area contributed by atoms with Crippen molar-refractivity contribution in [1.82, 2.24) is 15.6 Å². The average Bonchev–Trinajstić information content (AvgIpc) is 2.41. The van der Waals surface area contributed by atoms with E-state index < -0.39 is 0 Å². The molecule has 0 aliphatic heterocycles. The van der Waals surface area contributed by atoms with Crippen LogP contribution in [-0.4, -0.2) is 29.4 Å². The van der Waals surface area contributed by atoms with E-state index in [1.807, 2.05) is 13.8 Å². The molecule has 1 aromatic rings. The maximum Gasteiger partial charge on any atom is 0.253 e. The van der Waals surface area contributed by atoms with Crippen LogP contribution in [0.1, 0.15) is 37.0 Å².